The lowest BCUT2D eigenvalue weighted by Gasteiger charge is -2.35. The summed E-state index contributed by atoms with van der Waals surface area (Å²) in [5.41, 5.74) is 7.71. The van der Waals surface area contributed by atoms with E-state index in [1.807, 2.05) is 120 Å². The molecule has 0 radical (unpaired) electrons. The van der Waals surface area contributed by atoms with Gasteiger partial charge in [-0.05, 0) is 59.6 Å². The Hall–Kier alpha value is -5.86. The van der Waals surface area contributed by atoms with Crippen LogP contribution < -0.4 is 16.1 Å². The lowest BCUT2D eigenvalue weighted by atomic mass is 9.89. The number of aliphatic hydroxyl groups is 1. The van der Waals surface area contributed by atoms with E-state index in [2.05, 4.69) is 26.0 Å². The predicted octanol–water partition coefficient (Wildman–Crippen LogP) is 5.50. The highest BCUT2D eigenvalue weighted by molar-refractivity contribution is 5.88. The van der Waals surface area contributed by atoms with Crippen LogP contribution in [-0.2, 0) is 33.8 Å². The van der Waals surface area contributed by atoms with Gasteiger partial charge < -0.3 is 30.3 Å². The Morgan fingerprint density at radius 1 is 0.933 bits per heavy atom. The minimum absolute atomic E-state index is 0.0403. The highest BCUT2D eigenvalue weighted by Crippen LogP contribution is 2.24. The average molecular weight is 821 g/mol. The van der Waals surface area contributed by atoms with E-state index in [0.29, 0.717) is 32.5 Å². The number of pyridine rings is 2. The normalized spacial score (nSPS) is 15.0. The Bertz CT molecular complexity index is 2000. The topological polar surface area (TPSA) is 169 Å². The van der Waals surface area contributed by atoms with E-state index < -0.39 is 29.7 Å². The van der Waals surface area contributed by atoms with Crippen molar-refractivity contribution in [2.45, 2.75) is 85.2 Å². The molecule has 4 N–H and O–H groups in total. The van der Waals surface area contributed by atoms with Crippen LogP contribution in [-0.4, -0.2) is 105 Å². The van der Waals surface area contributed by atoms with E-state index in [9.17, 15) is 24.3 Å². The van der Waals surface area contributed by atoms with Crippen molar-refractivity contribution < 1.29 is 29.0 Å². The molecule has 5 rings (SSSR count). The number of carbonyl (C=O) groups is 4. The second-order valence-electron chi connectivity index (χ2n) is 16.4. The first kappa shape index (κ1) is 45.2. The maximum Gasteiger partial charge on any atom is 0.406 e. The van der Waals surface area contributed by atoms with Crippen molar-refractivity contribution in [1.82, 2.24) is 40.8 Å². The first-order valence-corrected chi connectivity index (χ1v) is 20.6. The van der Waals surface area contributed by atoms with Crippen molar-refractivity contribution in [2.24, 2.45) is 11.3 Å². The van der Waals surface area contributed by atoms with Gasteiger partial charge in [0.25, 0.3) is 0 Å². The van der Waals surface area contributed by atoms with E-state index in [4.69, 9.17) is 4.74 Å². The average Bonchev–Trinajstić information content (AvgIpc) is 3.59. The number of alkyl carbamates (subject to hydrolysis) is 1. The molecule has 14 nitrogen and oxygen atoms in total. The van der Waals surface area contributed by atoms with Crippen LogP contribution in [0.5, 0.6) is 0 Å². The summed E-state index contributed by atoms with van der Waals surface area (Å²) in [6.07, 6.45) is 2.77. The molecule has 2 aromatic heterocycles. The van der Waals surface area contributed by atoms with E-state index in [0.717, 1.165) is 33.6 Å². The number of carbonyl (C=O) groups excluding carboxylic acids is 4. The molecule has 4 aromatic rings. The van der Waals surface area contributed by atoms with Crippen LogP contribution in [0.15, 0.2) is 97.3 Å². The summed E-state index contributed by atoms with van der Waals surface area (Å²) < 4.78 is 4.71. The molecule has 5 amide bonds. The number of hydrogen-bond acceptors (Lipinski definition) is 9. The molecule has 2 aromatic carbocycles. The first-order chi connectivity index (χ1) is 28.7. The monoisotopic (exact) mass is 820 g/mol. The number of hydrogen-bond donors (Lipinski definition) is 4. The molecule has 4 atom stereocenters. The van der Waals surface area contributed by atoms with E-state index in [1.165, 1.54) is 7.11 Å². The van der Waals surface area contributed by atoms with Gasteiger partial charge >= 0.3 is 12.1 Å². The van der Waals surface area contributed by atoms with Crippen molar-refractivity contribution in [3.8, 4) is 11.3 Å². The van der Waals surface area contributed by atoms with Gasteiger partial charge in [-0.25, -0.2) is 14.6 Å². The molecule has 1 aliphatic rings. The number of urea groups is 1. The molecule has 0 spiro atoms. The summed E-state index contributed by atoms with van der Waals surface area (Å²) in [7, 11) is 1.28. The summed E-state index contributed by atoms with van der Waals surface area (Å²) in [5, 5.41) is 19.6. The molecule has 0 bridgehead atoms. The molecule has 1 saturated heterocycles. The van der Waals surface area contributed by atoms with Gasteiger partial charge in [0, 0.05) is 69.3 Å². The van der Waals surface area contributed by atoms with E-state index in [-0.39, 0.29) is 49.8 Å². The number of aliphatic hydroxyl groups excluding tert-OH is 1. The molecule has 0 saturated carbocycles. The zero-order chi connectivity index (χ0) is 43.2. The summed E-state index contributed by atoms with van der Waals surface area (Å²) in [4.78, 5) is 66.0. The number of methoxy groups -OCH3 is 1. The van der Waals surface area contributed by atoms with Gasteiger partial charge in [-0.3, -0.25) is 25.0 Å². The number of nitrogens with one attached hydrogen (secondary N) is 3. The summed E-state index contributed by atoms with van der Waals surface area (Å²) in [5.74, 6) is -0.841. The van der Waals surface area contributed by atoms with Crippen LogP contribution in [0.1, 0.15) is 62.9 Å². The smallest absolute Gasteiger partial charge is 0.406 e. The maximum atomic E-state index is 14.5. The minimum atomic E-state index is -1.16. The van der Waals surface area contributed by atoms with Gasteiger partial charge in [-0.15, -0.1) is 0 Å². The molecule has 320 valence electrons. The Morgan fingerprint density at radius 2 is 1.65 bits per heavy atom. The Morgan fingerprint density at radius 3 is 2.30 bits per heavy atom. The van der Waals surface area contributed by atoms with Crippen molar-refractivity contribution in [3.63, 3.8) is 0 Å². The fraction of sp³-hybridized carbons (Fsp3) is 0.435. The molecule has 3 heterocycles. The molecule has 4 unspecified atom stereocenters. The van der Waals surface area contributed by atoms with Gasteiger partial charge in [0.15, 0.2) is 0 Å². The highest BCUT2D eigenvalue weighted by atomic mass is 16.5. The van der Waals surface area contributed by atoms with Crippen LogP contribution in [0.3, 0.4) is 0 Å². The molecule has 60 heavy (non-hydrogen) atoms. The standard InChI is InChI=1S/C46H60N8O6/c1-7-32(2)42(54-24-23-52(45(54)59)28-36-17-16-33(3)48-27-36)43(57)50-39(25-34-13-9-8-10-14-34)40(55)30-53(51-41(56)26-46(4,5)31-49-44(58)60-6)29-35-18-20-37(21-19-35)38-15-11-12-22-47-38/h8-22,27,32,39-40,42,55H,7,23-26,28-31H2,1-6H3,(H,49,58)(H,50,57)(H,51,56). The van der Waals surface area contributed by atoms with Gasteiger partial charge in [-0.1, -0.05) is 101 Å². The molecule has 1 aliphatic heterocycles. The second kappa shape index (κ2) is 21.4. The fourth-order valence-electron chi connectivity index (χ4n) is 7.30. The zero-order valence-electron chi connectivity index (χ0n) is 35.6. The van der Waals surface area contributed by atoms with Crippen molar-refractivity contribution in [2.75, 3.05) is 33.3 Å². The van der Waals surface area contributed by atoms with Gasteiger partial charge in [0.1, 0.15) is 6.04 Å². The second-order valence-corrected chi connectivity index (χ2v) is 16.4. The van der Waals surface area contributed by atoms with Crippen molar-refractivity contribution in [1.29, 1.82) is 0 Å². The molecule has 1 fully saturated rings. The Balaban J connectivity index is 1.37. The number of rotatable bonds is 20. The van der Waals surface area contributed by atoms with Gasteiger partial charge in [0.2, 0.25) is 11.8 Å². The predicted molar refractivity (Wildman–Crippen MR) is 230 cm³/mol. The number of aryl methyl sites for hydroxylation is 1. The Labute approximate surface area is 353 Å². The number of benzene rings is 2. The van der Waals surface area contributed by atoms with Gasteiger partial charge in [-0.2, -0.15) is 0 Å². The number of ether oxygens (including phenoxy) is 1. The summed E-state index contributed by atoms with van der Waals surface area (Å²) >= 11 is 0. The van der Waals surface area contributed by atoms with Crippen LogP contribution in [0, 0.1) is 18.3 Å². The van der Waals surface area contributed by atoms with Gasteiger partial charge in [0.05, 0.1) is 24.9 Å². The largest absolute Gasteiger partial charge is 0.453 e. The molecular weight excluding hydrogens is 761 g/mol. The fourth-order valence-corrected chi connectivity index (χ4v) is 7.30. The quantitative estimate of drug-likeness (QED) is 0.0842. The SMILES string of the molecule is CCC(C)C(C(=O)NC(Cc1ccccc1)C(O)CN(Cc1ccc(-c2ccccn2)cc1)NC(=O)CC(C)(C)CNC(=O)OC)N1CCN(Cc2ccc(C)nc2)C1=O. The van der Waals surface area contributed by atoms with E-state index >= 15 is 0 Å². The molecule has 0 aliphatic carbocycles. The number of aromatic nitrogens is 2. The lowest BCUT2D eigenvalue weighted by Crippen LogP contribution is -2.58. The summed E-state index contributed by atoms with van der Waals surface area (Å²) in [6, 6.07) is 25.2. The molecule has 14 heteroatoms. The maximum absolute atomic E-state index is 14.5. The molecular formula is C46H60N8O6. The van der Waals surface area contributed by atoms with Crippen LogP contribution in [0.2, 0.25) is 0 Å². The lowest BCUT2D eigenvalue weighted by molar-refractivity contribution is -0.131. The number of nitrogens with zero attached hydrogens (tertiary/aromatic N) is 5. The highest BCUT2D eigenvalue weighted by Gasteiger charge is 2.41. The summed E-state index contributed by atoms with van der Waals surface area (Å²) in [6.45, 7) is 11.2. The van der Waals surface area contributed by atoms with Crippen molar-refractivity contribution >= 4 is 23.9 Å². The van der Waals surface area contributed by atoms with E-state index in [1.54, 1.807) is 27.2 Å². The number of amides is 5. The van der Waals surface area contributed by atoms with Crippen LogP contribution >= 0.6 is 0 Å². The van der Waals surface area contributed by atoms with Crippen LogP contribution in [0.25, 0.3) is 11.3 Å². The zero-order valence-corrected chi connectivity index (χ0v) is 35.6. The van der Waals surface area contributed by atoms with Crippen molar-refractivity contribution in [3.05, 3.63) is 120 Å². The first-order valence-electron chi connectivity index (χ1n) is 20.6. The third-order valence-corrected chi connectivity index (χ3v) is 10.9. The Kier molecular flexibility index (Phi) is 16.1. The minimum Gasteiger partial charge on any atom is -0.453 e. The third-order valence-electron chi connectivity index (χ3n) is 10.9. The van der Waals surface area contributed by atoms with Crippen LogP contribution in [0.4, 0.5) is 9.59 Å². The third kappa shape index (κ3) is 13.1. The number of hydrazine groups is 1.